The molecule has 0 aliphatic carbocycles. The number of rotatable bonds is 14. The number of aliphatic hydroxyl groups excluding tert-OH is 1. The van der Waals surface area contributed by atoms with Crippen molar-refractivity contribution in [3.05, 3.63) is 70.8 Å². The molecule has 0 heterocycles. The van der Waals surface area contributed by atoms with Crippen LogP contribution in [0.1, 0.15) is 88.5 Å². The number of ether oxygens (including phenoxy) is 1. The van der Waals surface area contributed by atoms with Crippen LogP contribution in [0.4, 0.5) is 0 Å². The van der Waals surface area contributed by atoms with E-state index in [-0.39, 0.29) is 24.9 Å². The number of carboxylic acids is 1. The van der Waals surface area contributed by atoms with Crippen molar-refractivity contribution in [1.82, 2.24) is 0 Å². The van der Waals surface area contributed by atoms with Gasteiger partial charge in [-0.25, -0.2) is 0 Å². The van der Waals surface area contributed by atoms with Gasteiger partial charge in [0, 0.05) is 11.8 Å². The first-order valence-electron chi connectivity index (χ1n) is 12.8. The maximum Gasteiger partial charge on any atom is 0.303 e. The molecular formula is C30H42O5. The molecule has 0 aliphatic rings. The smallest absolute Gasteiger partial charge is 0.303 e. The van der Waals surface area contributed by atoms with E-state index in [9.17, 15) is 15.0 Å². The molecule has 35 heavy (non-hydrogen) atoms. The van der Waals surface area contributed by atoms with Crippen molar-refractivity contribution < 1.29 is 24.9 Å². The molecule has 0 saturated heterocycles. The molecule has 0 bridgehead atoms. The highest BCUT2D eigenvalue weighted by molar-refractivity contribution is 5.66. The molecule has 1 unspecified atom stereocenters. The highest BCUT2D eigenvalue weighted by atomic mass is 16.5. The Morgan fingerprint density at radius 1 is 0.971 bits per heavy atom. The Balaban J connectivity index is 2.23. The van der Waals surface area contributed by atoms with Crippen LogP contribution in [0.25, 0.3) is 6.08 Å². The molecule has 0 amide bonds. The van der Waals surface area contributed by atoms with Gasteiger partial charge in [-0.3, -0.25) is 4.79 Å². The number of aryl methyl sites for hydroxylation is 1. The Morgan fingerprint density at radius 3 is 2.09 bits per heavy atom. The number of benzene rings is 2. The summed E-state index contributed by atoms with van der Waals surface area (Å²) in [4.78, 5) is 10.7. The molecule has 0 spiro atoms. The molecule has 1 atom stereocenters. The minimum absolute atomic E-state index is 0.0681. The fraction of sp³-hybridized carbons (Fsp3) is 0.500. The highest BCUT2D eigenvalue weighted by Gasteiger charge is 2.31. The van der Waals surface area contributed by atoms with E-state index in [2.05, 4.69) is 51.1 Å². The van der Waals surface area contributed by atoms with Gasteiger partial charge in [-0.05, 0) is 73.4 Å². The number of hydrogen-bond acceptors (Lipinski definition) is 4. The van der Waals surface area contributed by atoms with Gasteiger partial charge >= 0.3 is 5.97 Å². The van der Waals surface area contributed by atoms with Gasteiger partial charge in [-0.1, -0.05) is 70.2 Å². The zero-order valence-corrected chi connectivity index (χ0v) is 21.9. The summed E-state index contributed by atoms with van der Waals surface area (Å²) >= 11 is 0. The van der Waals surface area contributed by atoms with E-state index in [1.54, 1.807) is 0 Å². The summed E-state index contributed by atoms with van der Waals surface area (Å²) in [6, 6.07) is 14.6. The lowest BCUT2D eigenvalue weighted by atomic mass is 9.70. The summed E-state index contributed by atoms with van der Waals surface area (Å²) in [6.45, 7) is 10.6. The molecule has 5 heteroatoms. The van der Waals surface area contributed by atoms with Gasteiger partial charge in [0.25, 0.3) is 0 Å². The van der Waals surface area contributed by atoms with Crippen LogP contribution in [-0.4, -0.2) is 39.6 Å². The Kier molecular flexibility index (Phi) is 10.5. The largest absolute Gasteiger partial charge is 0.491 e. The SMILES string of the molecule is CCC(O)(/C=C/c1ccc(C(CC)(CC)c2ccc(OCC(O)CCC(=O)O)cc2)cc1C)CC. The molecule has 5 nitrogen and oxygen atoms in total. The summed E-state index contributed by atoms with van der Waals surface area (Å²) in [5.41, 5.74) is 3.85. The Morgan fingerprint density at radius 2 is 1.57 bits per heavy atom. The van der Waals surface area contributed by atoms with Crippen LogP contribution in [0.5, 0.6) is 5.75 Å². The van der Waals surface area contributed by atoms with E-state index < -0.39 is 17.7 Å². The number of carbonyl (C=O) groups is 1. The maximum atomic E-state index is 10.7. The Labute approximate surface area is 210 Å². The Bertz CT molecular complexity index is 969. The monoisotopic (exact) mass is 482 g/mol. The van der Waals surface area contributed by atoms with E-state index in [0.717, 1.165) is 18.4 Å². The van der Waals surface area contributed by atoms with Crippen LogP contribution in [0.3, 0.4) is 0 Å². The van der Waals surface area contributed by atoms with Crippen LogP contribution < -0.4 is 4.74 Å². The second-order valence-corrected chi connectivity index (χ2v) is 9.43. The number of hydrogen-bond donors (Lipinski definition) is 3. The molecule has 0 fully saturated rings. The lowest BCUT2D eigenvalue weighted by molar-refractivity contribution is -0.137. The predicted molar refractivity (Wildman–Crippen MR) is 142 cm³/mol. The van der Waals surface area contributed by atoms with Gasteiger partial charge in [0.2, 0.25) is 0 Å². The van der Waals surface area contributed by atoms with Crippen molar-refractivity contribution in [1.29, 1.82) is 0 Å². The third-order valence-electron chi connectivity index (χ3n) is 7.37. The van der Waals surface area contributed by atoms with Crippen LogP contribution >= 0.6 is 0 Å². The number of aliphatic hydroxyl groups is 2. The first-order chi connectivity index (χ1) is 16.6. The van der Waals surface area contributed by atoms with Gasteiger partial charge in [-0.2, -0.15) is 0 Å². The molecule has 2 aromatic carbocycles. The summed E-state index contributed by atoms with van der Waals surface area (Å²) in [5.74, 6) is -0.271. The molecule has 192 valence electrons. The van der Waals surface area contributed by atoms with E-state index in [4.69, 9.17) is 9.84 Å². The zero-order chi connectivity index (χ0) is 26.1. The van der Waals surface area contributed by atoms with E-state index in [1.807, 2.05) is 38.1 Å². The molecular weight excluding hydrogens is 440 g/mol. The van der Waals surface area contributed by atoms with E-state index in [0.29, 0.717) is 18.6 Å². The van der Waals surface area contributed by atoms with E-state index >= 15 is 0 Å². The topological polar surface area (TPSA) is 87.0 Å². The highest BCUT2D eigenvalue weighted by Crippen LogP contribution is 2.40. The quantitative estimate of drug-likeness (QED) is 0.295. The first-order valence-corrected chi connectivity index (χ1v) is 12.8. The van der Waals surface area contributed by atoms with Crippen molar-refractivity contribution in [3.63, 3.8) is 0 Å². The maximum absolute atomic E-state index is 10.7. The Hall–Kier alpha value is -2.63. The molecule has 0 aromatic heterocycles. The summed E-state index contributed by atoms with van der Waals surface area (Å²) in [5, 5.41) is 29.3. The number of carboxylic acid groups (broad SMARTS) is 1. The number of aliphatic carboxylic acids is 1. The average molecular weight is 483 g/mol. The molecule has 0 aliphatic heterocycles. The van der Waals surface area contributed by atoms with Crippen molar-refractivity contribution >= 4 is 12.0 Å². The van der Waals surface area contributed by atoms with Crippen molar-refractivity contribution in [2.45, 2.75) is 90.3 Å². The van der Waals surface area contributed by atoms with Crippen LogP contribution in [0.2, 0.25) is 0 Å². The van der Waals surface area contributed by atoms with E-state index in [1.165, 1.54) is 16.7 Å². The van der Waals surface area contributed by atoms with Gasteiger partial charge in [0.1, 0.15) is 12.4 Å². The predicted octanol–water partition coefficient (Wildman–Crippen LogP) is 6.27. The van der Waals surface area contributed by atoms with Crippen molar-refractivity contribution in [2.24, 2.45) is 0 Å². The van der Waals surface area contributed by atoms with Crippen LogP contribution in [-0.2, 0) is 10.2 Å². The minimum atomic E-state index is -0.924. The molecule has 0 radical (unpaired) electrons. The van der Waals surface area contributed by atoms with Crippen LogP contribution in [0.15, 0.2) is 48.5 Å². The fourth-order valence-electron chi connectivity index (χ4n) is 4.56. The van der Waals surface area contributed by atoms with Crippen molar-refractivity contribution in [2.75, 3.05) is 6.61 Å². The summed E-state index contributed by atoms with van der Waals surface area (Å²) < 4.78 is 5.68. The zero-order valence-electron chi connectivity index (χ0n) is 21.9. The summed E-state index contributed by atoms with van der Waals surface area (Å²) in [7, 11) is 0. The molecule has 3 N–H and O–H groups in total. The molecule has 2 rings (SSSR count). The van der Waals surface area contributed by atoms with Gasteiger partial charge in [-0.15, -0.1) is 0 Å². The van der Waals surface area contributed by atoms with Crippen LogP contribution in [0, 0.1) is 6.92 Å². The average Bonchev–Trinajstić information content (AvgIpc) is 2.87. The van der Waals surface area contributed by atoms with Crippen molar-refractivity contribution in [3.8, 4) is 5.75 Å². The molecule has 0 saturated carbocycles. The lowest BCUT2D eigenvalue weighted by Gasteiger charge is -2.34. The second-order valence-electron chi connectivity index (χ2n) is 9.43. The fourth-order valence-corrected chi connectivity index (χ4v) is 4.56. The normalized spacial score (nSPS) is 13.2. The standard InChI is InChI=1S/C30H42O5/c1-6-29(34,7-2)19-18-23-10-11-25(20-22(23)5)30(8-3,9-4)24-12-15-27(16-13-24)35-21-26(31)14-17-28(32)33/h10-13,15-16,18-20,26,31,34H,6-9,14,17,21H2,1-5H3,(H,32,33)/b19-18+. The van der Waals surface area contributed by atoms with Gasteiger partial charge in [0.15, 0.2) is 0 Å². The second kappa shape index (κ2) is 12.9. The van der Waals surface area contributed by atoms with Gasteiger partial charge < -0.3 is 20.1 Å². The third-order valence-corrected chi connectivity index (χ3v) is 7.37. The minimum Gasteiger partial charge on any atom is -0.491 e. The third kappa shape index (κ3) is 7.42. The summed E-state index contributed by atoms with van der Waals surface area (Å²) in [6.07, 6.45) is 6.49. The first kappa shape index (κ1) is 28.6. The molecule has 2 aromatic rings. The van der Waals surface area contributed by atoms with Gasteiger partial charge in [0.05, 0.1) is 11.7 Å². The lowest BCUT2D eigenvalue weighted by Crippen LogP contribution is -2.26.